The molecule has 128 valence electrons. The highest BCUT2D eigenvalue weighted by atomic mass is 16.5. The van der Waals surface area contributed by atoms with Crippen LogP contribution in [0.1, 0.15) is 41.8 Å². The molecule has 0 aliphatic carbocycles. The predicted octanol–water partition coefficient (Wildman–Crippen LogP) is 4.11. The molecule has 0 aromatic heterocycles. The lowest BCUT2D eigenvalue weighted by molar-refractivity contribution is 0.0939. The molecule has 0 radical (unpaired) electrons. The molecular weight excluding hydrogens is 302 g/mol. The van der Waals surface area contributed by atoms with Crippen LogP contribution in [0.4, 0.5) is 0 Å². The first-order chi connectivity index (χ1) is 11.5. The van der Waals surface area contributed by atoms with Crippen molar-refractivity contribution in [3.63, 3.8) is 0 Å². The summed E-state index contributed by atoms with van der Waals surface area (Å²) in [6.07, 6.45) is 0.894. The van der Waals surface area contributed by atoms with E-state index in [4.69, 9.17) is 9.47 Å². The molecule has 24 heavy (non-hydrogen) atoms. The Morgan fingerprint density at radius 3 is 2.50 bits per heavy atom. The third-order valence-corrected chi connectivity index (χ3v) is 3.95. The second-order valence-electron chi connectivity index (χ2n) is 5.91. The minimum atomic E-state index is -0.0800. The summed E-state index contributed by atoms with van der Waals surface area (Å²) in [5, 5.41) is 2.97. The number of carbonyl (C=O) groups excluding carboxylic acids is 1. The van der Waals surface area contributed by atoms with Crippen LogP contribution in [0.2, 0.25) is 0 Å². The van der Waals surface area contributed by atoms with Gasteiger partial charge in [0.15, 0.2) is 0 Å². The Labute approximate surface area is 143 Å². The van der Waals surface area contributed by atoms with Crippen molar-refractivity contribution in [3.8, 4) is 11.5 Å². The van der Waals surface area contributed by atoms with Gasteiger partial charge >= 0.3 is 0 Å². The minimum absolute atomic E-state index is 0.0800. The van der Waals surface area contributed by atoms with Gasteiger partial charge in [-0.3, -0.25) is 4.79 Å². The molecule has 0 bridgehead atoms. The molecule has 0 unspecified atom stereocenters. The Morgan fingerprint density at radius 2 is 1.88 bits per heavy atom. The quantitative estimate of drug-likeness (QED) is 0.832. The number of hydrogen-bond acceptors (Lipinski definition) is 3. The molecule has 2 rings (SSSR count). The molecule has 0 heterocycles. The zero-order chi connectivity index (χ0) is 17.5. The Morgan fingerprint density at radius 1 is 1.17 bits per heavy atom. The van der Waals surface area contributed by atoms with Gasteiger partial charge in [0.2, 0.25) is 0 Å². The average molecular weight is 327 g/mol. The highest BCUT2D eigenvalue weighted by molar-refractivity contribution is 5.94. The lowest BCUT2D eigenvalue weighted by Crippen LogP contribution is -2.31. The molecule has 0 saturated carbocycles. The van der Waals surface area contributed by atoms with Crippen LogP contribution in [-0.4, -0.2) is 19.1 Å². The molecule has 0 saturated heterocycles. The number of benzene rings is 2. The molecule has 4 nitrogen and oxygen atoms in total. The molecular formula is C20H25NO3. The van der Waals surface area contributed by atoms with Gasteiger partial charge in [-0.1, -0.05) is 24.6 Å². The van der Waals surface area contributed by atoms with E-state index in [0.29, 0.717) is 17.9 Å². The number of ether oxygens (including phenoxy) is 2. The highest BCUT2D eigenvalue weighted by Crippen LogP contribution is 2.22. The van der Waals surface area contributed by atoms with E-state index in [-0.39, 0.29) is 11.9 Å². The van der Waals surface area contributed by atoms with Gasteiger partial charge in [-0.05, 0) is 50.6 Å². The molecule has 1 atom stereocenters. The van der Waals surface area contributed by atoms with E-state index in [1.54, 1.807) is 19.2 Å². The van der Waals surface area contributed by atoms with Gasteiger partial charge in [-0.25, -0.2) is 0 Å². The van der Waals surface area contributed by atoms with Crippen molar-refractivity contribution in [2.24, 2.45) is 0 Å². The number of rotatable bonds is 7. The van der Waals surface area contributed by atoms with Crippen LogP contribution in [0.15, 0.2) is 42.5 Å². The van der Waals surface area contributed by atoms with Crippen molar-refractivity contribution in [1.82, 2.24) is 5.32 Å². The number of nitrogens with one attached hydrogen (secondary N) is 1. The molecule has 1 N–H and O–H groups in total. The van der Waals surface area contributed by atoms with Crippen molar-refractivity contribution in [2.45, 2.75) is 39.8 Å². The van der Waals surface area contributed by atoms with Crippen LogP contribution in [-0.2, 0) is 6.61 Å². The average Bonchev–Trinajstić information content (AvgIpc) is 2.60. The zero-order valence-electron chi connectivity index (χ0n) is 14.8. The van der Waals surface area contributed by atoms with Crippen LogP contribution >= 0.6 is 0 Å². The summed E-state index contributed by atoms with van der Waals surface area (Å²) in [4.78, 5) is 12.3. The second-order valence-corrected chi connectivity index (χ2v) is 5.91. The highest BCUT2D eigenvalue weighted by Gasteiger charge is 2.12. The van der Waals surface area contributed by atoms with Gasteiger partial charge in [-0.15, -0.1) is 0 Å². The molecule has 4 heteroatoms. The summed E-state index contributed by atoms with van der Waals surface area (Å²) >= 11 is 0. The summed E-state index contributed by atoms with van der Waals surface area (Å²) in [5.41, 5.74) is 2.64. The normalized spacial score (nSPS) is 11.7. The van der Waals surface area contributed by atoms with Crippen LogP contribution < -0.4 is 14.8 Å². The van der Waals surface area contributed by atoms with Crippen LogP contribution in [0.3, 0.4) is 0 Å². The van der Waals surface area contributed by atoms with E-state index in [0.717, 1.165) is 17.7 Å². The number of methoxy groups -OCH3 is 1. The van der Waals surface area contributed by atoms with E-state index in [1.807, 2.05) is 51.1 Å². The maximum atomic E-state index is 12.3. The monoisotopic (exact) mass is 327 g/mol. The van der Waals surface area contributed by atoms with Crippen LogP contribution in [0.5, 0.6) is 11.5 Å². The third kappa shape index (κ3) is 4.75. The summed E-state index contributed by atoms with van der Waals surface area (Å²) in [6.45, 7) is 6.41. The van der Waals surface area contributed by atoms with Gasteiger partial charge in [0.05, 0.1) is 7.11 Å². The minimum Gasteiger partial charge on any atom is -0.496 e. The Hall–Kier alpha value is -2.49. The maximum absolute atomic E-state index is 12.3. The van der Waals surface area contributed by atoms with Crippen molar-refractivity contribution in [3.05, 3.63) is 59.2 Å². The van der Waals surface area contributed by atoms with E-state index in [2.05, 4.69) is 5.32 Å². The van der Waals surface area contributed by atoms with Gasteiger partial charge in [0.25, 0.3) is 5.91 Å². The standard InChI is InChI=1S/C20H25NO3/c1-5-15(3)21-20(22)16-8-11-19(23-4)17(12-16)13-24-18-9-6-14(2)7-10-18/h6-12,15H,5,13H2,1-4H3,(H,21,22)/t15-/m1/s1. The van der Waals surface area contributed by atoms with Crippen molar-refractivity contribution < 1.29 is 14.3 Å². The Bertz CT molecular complexity index is 680. The van der Waals surface area contributed by atoms with E-state index < -0.39 is 0 Å². The van der Waals surface area contributed by atoms with Gasteiger partial charge in [0.1, 0.15) is 18.1 Å². The summed E-state index contributed by atoms with van der Waals surface area (Å²) in [6, 6.07) is 13.4. The van der Waals surface area contributed by atoms with Crippen molar-refractivity contribution >= 4 is 5.91 Å². The van der Waals surface area contributed by atoms with Gasteiger partial charge in [-0.2, -0.15) is 0 Å². The zero-order valence-corrected chi connectivity index (χ0v) is 14.8. The SMILES string of the molecule is CC[C@@H](C)NC(=O)c1ccc(OC)c(COc2ccc(C)cc2)c1. The summed E-state index contributed by atoms with van der Waals surface area (Å²) < 4.78 is 11.2. The Balaban J connectivity index is 2.13. The topological polar surface area (TPSA) is 47.6 Å². The van der Waals surface area contributed by atoms with Crippen molar-refractivity contribution in [2.75, 3.05) is 7.11 Å². The van der Waals surface area contributed by atoms with E-state index in [9.17, 15) is 4.79 Å². The lowest BCUT2D eigenvalue weighted by atomic mass is 10.1. The Kier molecular flexibility index (Phi) is 6.24. The fraction of sp³-hybridized carbons (Fsp3) is 0.350. The van der Waals surface area contributed by atoms with E-state index in [1.165, 1.54) is 5.56 Å². The smallest absolute Gasteiger partial charge is 0.251 e. The van der Waals surface area contributed by atoms with Gasteiger partial charge in [0, 0.05) is 17.2 Å². The number of carbonyl (C=O) groups is 1. The van der Waals surface area contributed by atoms with Crippen LogP contribution in [0, 0.1) is 6.92 Å². The lowest BCUT2D eigenvalue weighted by Gasteiger charge is -2.14. The first-order valence-corrected chi connectivity index (χ1v) is 8.20. The number of amides is 1. The summed E-state index contributed by atoms with van der Waals surface area (Å²) in [7, 11) is 1.61. The summed E-state index contributed by atoms with van der Waals surface area (Å²) in [5.74, 6) is 1.42. The molecule has 2 aromatic carbocycles. The van der Waals surface area contributed by atoms with Gasteiger partial charge < -0.3 is 14.8 Å². The fourth-order valence-corrected chi connectivity index (χ4v) is 2.24. The number of aryl methyl sites for hydroxylation is 1. The molecule has 2 aromatic rings. The second kappa shape index (κ2) is 8.39. The first kappa shape index (κ1) is 17.9. The molecule has 0 spiro atoms. The first-order valence-electron chi connectivity index (χ1n) is 8.20. The molecule has 0 aliphatic heterocycles. The maximum Gasteiger partial charge on any atom is 0.251 e. The number of hydrogen-bond donors (Lipinski definition) is 1. The van der Waals surface area contributed by atoms with E-state index >= 15 is 0 Å². The molecule has 1 amide bonds. The van der Waals surface area contributed by atoms with Crippen LogP contribution in [0.25, 0.3) is 0 Å². The largest absolute Gasteiger partial charge is 0.496 e. The fourth-order valence-electron chi connectivity index (χ4n) is 2.24. The predicted molar refractivity (Wildman–Crippen MR) is 95.7 cm³/mol. The molecule has 0 fully saturated rings. The van der Waals surface area contributed by atoms with Crippen molar-refractivity contribution in [1.29, 1.82) is 0 Å². The molecule has 0 aliphatic rings. The third-order valence-electron chi connectivity index (χ3n) is 3.95.